The summed E-state index contributed by atoms with van der Waals surface area (Å²) in [7, 11) is 1.28. The van der Waals surface area contributed by atoms with E-state index in [2.05, 4.69) is 25.0 Å². The molecule has 0 aliphatic carbocycles. The number of anilines is 1. The molecule has 0 radical (unpaired) electrons. The minimum absolute atomic E-state index is 0. The number of nitrogens with two attached hydrogens (primary N) is 1. The van der Waals surface area contributed by atoms with Crippen molar-refractivity contribution in [3.63, 3.8) is 0 Å². The van der Waals surface area contributed by atoms with E-state index in [1.165, 1.54) is 47.1 Å². The van der Waals surface area contributed by atoms with E-state index in [-0.39, 0.29) is 34.6 Å². The molecule has 4 rings (SSSR count). The van der Waals surface area contributed by atoms with Crippen molar-refractivity contribution in [3.8, 4) is 0 Å². The topological polar surface area (TPSA) is 173 Å². The van der Waals surface area contributed by atoms with Gasteiger partial charge in [0, 0.05) is 16.9 Å². The maximum atomic E-state index is 12.8. The van der Waals surface area contributed by atoms with Gasteiger partial charge in [-0.1, -0.05) is 9.64 Å². The molecule has 0 spiro atoms. The van der Waals surface area contributed by atoms with Crippen LogP contribution in [0.1, 0.15) is 5.69 Å². The van der Waals surface area contributed by atoms with Crippen LogP contribution >= 0.6 is 58.8 Å². The predicted molar refractivity (Wildman–Crippen MR) is 128 cm³/mol. The van der Waals surface area contributed by atoms with Crippen LogP contribution in [0.2, 0.25) is 0 Å². The summed E-state index contributed by atoms with van der Waals surface area (Å²) in [6, 6.07) is -0.903. The van der Waals surface area contributed by atoms with Crippen LogP contribution < -0.4 is 11.1 Å². The maximum absolute atomic E-state index is 12.8. The monoisotopic (exact) mass is 549 g/mol. The Morgan fingerprint density at radius 1 is 1.48 bits per heavy atom. The lowest BCUT2D eigenvalue weighted by molar-refractivity contribution is -0.150. The molecule has 17 heteroatoms. The van der Waals surface area contributed by atoms with E-state index in [1.807, 2.05) is 0 Å². The molecule has 0 bridgehead atoms. The number of carboxylic acids is 1. The van der Waals surface area contributed by atoms with Gasteiger partial charge in [0.25, 0.3) is 11.8 Å². The fourth-order valence-corrected chi connectivity index (χ4v) is 6.53. The molecule has 4 heterocycles. The van der Waals surface area contributed by atoms with Crippen molar-refractivity contribution in [2.45, 2.75) is 15.6 Å². The van der Waals surface area contributed by atoms with Crippen LogP contribution in [0.15, 0.2) is 32.2 Å². The first-order valence-electron chi connectivity index (χ1n) is 8.84. The number of nitrogens with one attached hydrogen (secondary N) is 1. The van der Waals surface area contributed by atoms with Crippen LogP contribution in [0.25, 0.3) is 0 Å². The van der Waals surface area contributed by atoms with E-state index in [1.54, 1.807) is 11.6 Å². The number of aliphatic carboxylic acids is 1. The molecule has 1 fully saturated rings. The normalized spacial score (nSPS) is 20.0. The third kappa shape index (κ3) is 5.08. The minimum Gasteiger partial charge on any atom is -0.477 e. The highest BCUT2D eigenvalue weighted by Crippen LogP contribution is 2.41. The zero-order chi connectivity index (χ0) is 22.8. The number of thiazole rings is 1. The molecule has 2 aromatic rings. The number of amides is 2. The number of carboxylic acid groups (broad SMARTS) is 1. The van der Waals surface area contributed by atoms with Crippen LogP contribution in [0.3, 0.4) is 0 Å². The van der Waals surface area contributed by atoms with E-state index >= 15 is 0 Å². The number of rotatable bonds is 8. The van der Waals surface area contributed by atoms with E-state index in [0.717, 1.165) is 15.5 Å². The number of hydrogen-bond acceptors (Lipinski definition) is 13. The van der Waals surface area contributed by atoms with Gasteiger partial charge in [-0.25, -0.2) is 9.78 Å². The van der Waals surface area contributed by atoms with Crippen molar-refractivity contribution >= 4 is 87.4 Å². The van der Waals surface area contributed by atoms with Crippen LogP contribution in [0, 0.1) is 0 Å². The number of halogens is 1. The Balaban J connectivity index is 0.00000306. The Morgan fingerprint density at radius 2 is 2.27 bits per heavy atom. The number of aromatic nitrogens is 3. The summed E-state index contributed by atoms with van der Waals surface area (Å²) in [6.07, 6.45) is 1.60. The van der Waals surface area contributed by atoms with Gasteiger partial charge in [0.15, 0.2) is 10.8 Å². The van der Waals surface area contributed by atoms with Gasteiger partial charge in [0.1, 0.15) is 34.1 Å². The number of carbonyl (C=O) groups is 3. The first kappa shape index (κ1) is 25.2. The average Bonchev–Trinajstić information content (AvgIpc) is 3.45. The zero-order valence-corrected chi connectivity index (χ0v) is 20.7. The largest absolute Gasteiger partial charge is 0.477 e. The van der Waals surface area contributed by atoms with Gasteiger partial charge in [-0.15, -0.1) is 52.4 Å². The molecule has 0 unspecified atom stereocenters. The van der Waals surface area contributed by atoms with E-state index < -0.39 is 29.2 Å². The molecule has 0 aromatic carbocycles. The molecular weight excluding hydrogens is 534 g/mol. The smallest absolute Gasteiger partial charge is 0.352 e. The average molecular weight is 550 g/mol. The van der Waals surface area contributed by atoms with Crippen molar-refractivity contribution in [2.75, 3.05) is 24.3 Å². The molecule has 4 N–H and O–H groups in total. The van der Waals surface area contributed by atoms with Gasteiger partial charge in [-0.05, 0) is 17.1 Å². The highest BCUT2D eigenvalue weighted by atomic mass is 35.5. The summed E-state index contributed by atoms with van der Waals surface area (Å²) in [5, 5.41) is 21.1. The van der Waals surface area contributed by atoms with Crippen LogP contribution in [0.5, 0.6) is 0 Å². The molecule has 2 aliphatic rings. The van der Waals surface area contributed by atoms with Crippen LogP contribution in [-0.4, -0.2) is 78.1 Å². The molecule has 1 saturated heterocycles. The van der Waals surface area contributed by atoms with E-state index in [9.17, 15) is 19.5 Å². The summed E-state index contributed by atoms with van der Waals surface area (Å²) in [6.45, 7) is 0. The Labute approximate surface area is 209 Å². The fourth-order valence-electron chi connectivity index (χ4n) is 3.08. The Kier molecular flexibility index (Phi) is 8.17. The third-order valence-corrected chi connectivity index (χ3v) is 8.36. The van der Waals surface area contributed by atoms with Gasteiger partial charge in [0.2, 0.25) is 0 Å². The second-order valence-electron chi connectivity index (χ2n) is 6.34. The predicted octanol–water partition coefficient (Wildman–Crippen LogP) is 0.880. The Morgan fingerprint density at radius 3 is 2.88 bits per heavy atom. The molecule has 2 amide bonds. The van der Waals surface area contributed by atoms with Gasteiger partial charge < -0.3 is 21.0 Å². The second kappa shape index (κ2) is 10.7. The quantitative estimate of drug-likeness (QED) is 0.184. The zero-order valence-electron chi connectivity index (χ0n) is 16.7. The van der Waals surface area contributed by atoms with Gasteiger partial charge in [-0.2, -0.15) is 0 Å². The highest BCUT2D eigenvalue weighted by Gasteiger charge is 2.54. The standard InChI is InChI=1S/C16H15N7O5S4.ClH/c1-28-21-9(7-5-31-16(17)19-7)12(24)20-10-13(25)23-11(15(26)27)6(4-30-14(10)23)3-29-8-2-18-22-32-8;/h2,5,10,14H,3-4H2,1H3,(H2,17,19)(H,20,24)(H,26,27);1H/b21-9-;/t10-,14-;/m1./s1. The summed E-state index contributed by atoms with van der Waals surface area (Å²) < 4.78 is 4.63. The first-order chi connectivity index (χ1) is 15.4. The number of fused-ring (bicyclic) bond motifs is 1. The van der Waals surface area contributed by atoms with Crippen molar-refractivity contribution in [1.29, 1.82) is 0 Å². The fraction of sp³-hybridized carbons (Fsp3) is 0.312. The maximum Gasteiger partial charge on any atom is 0.352 e. The highest BCUT2D eigenvalue weighted by molar-refractivity contribution is 8.01. The number of oxime groups is 1. The van der Waals surface area contributed by atoms with Gasteiger partial charge in [0.05, 0.1) is 6.20 Å². The first-order valence-corrected chi connectivity index (χ1v) is 12.5. The number of β-lactam (4-membered cyclic amide) rings is 1. The van der Waals surface area contributed by atoms with Gasteiger partial charge in [-0.3, -0.25) is 14.5 Å². The molecule has 2 aromatic heterocycles. The molecule has 176 valence electrons. The second-order valence-corrected chi connectivity index (χ2v) is 10.4. The van der Waals surface area contributed by atoms with Gasteiger partial charge >= 0.3 is 5.97 Å². The SMILES string of the molecule is CO/N=C(\C(=O)N[C@@H]1C(=O)N2C(C(=O)O)=C(CSc3cnns3)CS[C@H]12)c1csc(N)n1.Cl. The van der Waals surface area contributed by atoms with Crippen LogP contribution in [-0.2, 0) is 19.2 Å². The number of nitrogens with zero attached hydrogens (tertiary/aromatic N) is 5. The molecule has 2 atom stereocenters. The lowest BCUT2D eigenvalue weighted by atomic mass is 10.0. The summed E-state index contributed by atoms with van der Waals surface area (Å²) in [4.78, 5) is 47.5. The van der Waals surface area contributed by atoms with Crippen molar-refractivity contribution in [1.82, 2.24) is 24.8 Å². The molecule has 33 heavy (non-hydrogen) atoms. The van der Waals surface area contributed by atoms with Crippen molar-refractivity contribution in [3.05, 3.63) is 28.5 Å². The molecular formula is C16H16ClN7O5S4. The van der Waals surface area contributed by atoms with Crippen molar-refractivity contribution in [2.24, 2.45) is 5.16 Å². The van der Waals surface area contributed by atoms with Crippen LogP contribution in [0.4, 0.5) is 5.13 Å². The lowest BCUT2D eigenvalue weighted by Gasteiger charge is -2.49. The van der Waals surface area contributed by atoms with E-state index in [4.69, 9.17) is 10.6 Å². The summed E-state index contributed by atoms with van der Waals surface area (Å²) >= 11 is 5.14. The number of nitrogen functional groups attached to an aromatic ring is 1. The number of carbonyl (C=O) groups excluding carboxylic acids is 2. The Hall–Kier alpha value is -2.40. The molecule has 12 nitrogen and oxygen atoms in total. The minimum atomic E-state index is -1.19. The summed E-state index contributed by atoms with van der Waals surface area (Å²) in [5.41, 5.74) is 6.28. The van der Waals surface area contributed by atoms with E-state index in [0.29, 0.717) is 17.1 Å². The number of thioether (sulfide) groups is 2. The molecule has 2 aliphatic heterocycles. The summed E-state index contributed by atoms with van der Waals surface area (Å²) in [5.74, 6) is -1.57. The lowest BCUT2D eigenvalue weighted by Crippen LogP contribution is -2.71. The number of hydrogen-bond donors (Lipinski definition) is 3. The Bertz CT molecular complexity index is 1120. The molecule has 0 saturated carbocycles. The third-order valence-electron chi connectivity index (χ3n) is 4.43. The van der Waals surface area contributed by atoms with Crippen molar-refractivity contribution < 1.29 is 24.3 Å².